The molecule has 1 aliphatic heterocycles. The van der Waals surface area contributed by atoms with Crippen molar-refractivity contribution in [1.82, 2.24) is 5.32 Å². The van der Waals surface area contributed by atoms with Gasteiger partial charge in [-0.05, 0) is 58.7 Å². The normalized spacial score (nSPS) is 17.3. The lowest BCUT2D eigenvalue weighted by Gasteiger charge is -2.29. The van der Waals surface area contributed by atoms with E-state index in [2.05, 4.69) is 24.0 Å². The number of nitrogens with zero attached hydrogens (tertiary/aromatic N) is 1. The number of rotatable bonds is 15. The van der Waals surface area contributed by atoms with Crippen molar-refractivity contribution in [3.8, 4) is 16.9 Å². The number of carbonyl (C=O) groups excluding carboxylic acids is 1. The highest BCUT2D eigenvalue weighted by Crippen LogP contribution is 2.43. The van der Waals surface area contributed by atoms with Gasteiger partial charge in [-0.1, -0.05) is 72.8 Å². The number of hydrogen-bond acceptors (Lipinski definition) is 6. The monoisotopic (exact) mass is 624 g/mol. The first-order chi connectivity index (χ1) is 22.0. The van der Waals surface area contributed by atoms with E-state index in [1.807, 2.05) is 66.7 Å². The minimum Gasteiger partial charge on any atom is -0.494 e. The quantitative estimate of drug-likeness (QED) is 0.109. The van der Waals surface area contributed by atoms with E-state index in [9.17, 15) is 9.18 Å². The van der Waals surface area contributed by atoms with Crippen LogP contribution in [0.4, 0.5) is 4.39 Å². The Labute approximate surface area is 268 Å². The molecule has 0 unspecified atom stereocenters. The van der Waals surface area contributed by atoms with Gasteiger partial charge in [0, 0.05) is 43.1 Å². The molecule has 0 spiro atoms. The van der Waals surface area contributed by atoms with Crippen molar-refractivity contribution in [2.75, 3.05) is 25.5 Å². The third kappa shape index (κ3) is 8.01. The SMILES string of the molecule is C=CC[C@@]1(C(=O)NCCSCc2ccc(F)cc2)N=C(c2ccc(OCCCO)cc2)O[C@@H]1c1ccc(-c2ccccc2)cc1. The molecule has 1 heterocycles. The van der Waals surface area contributed by atoms with Crippen LogP contribution in [0.3, 0.4) is 0 Å². The molecule has 4 aromatic carbocycles. The van der Waals surface area contributed by atoms with Gasteiger partial charge in [-0.25, -0.2) is 9.38 Å². The van der Waals surface area contributed by atoms with Crippen molar-refractivity contribution in [1.29, 1.82) is 0 Å². The number of halogens is 1. The van der Waals surface area contributed by atoms with Gasteiger partial charge < -0.3 is 19.9 Å². The molecule has 0 saturated carbocycles. The van der Waals surface area contributed by atoms with Crippen LogP contribution < -0.4 is 10.1 Å². The van der Waals surface area contributed by atoms with Crippen LogP contribution >= 0.6 is 11.8 Å². The Kier molecular flexibility index (Phi) is 11.1. The van der Waals surface area contributed by atoms with Gasteiger partial charge in [0.25, 0.3) is 5.91 Å². The lowest BCUT2D eigenvalue weighted by atomic mass is 9.84. The van der Waals surface area contributed by atoms with E-state index in [4.69, 9.17) is 19.6 Å². The minimum absolute atomic E-state index is 0.0663. The Morgan fingerprint density at radius 2 is 1.67 bits per heavy atom. The van der Waals surface area contributed by atoms with Crippen molar-refractivity contribution >= 4 is 23.6 Å². The van der Waals surface area contributed by atoms with Crippen molar-refractivity contribution in [2.45, 2.75) is 30.2 Å². The predicted octanol–water partition coefficient (Wildman–Crippen LogP) is 7.14. The average Bonchev–Trinajstić information content (AvgIpc) is 3.47. The molecule has 6 nitrogen and oxygen atoms in total. The molecular weight excluding hydrogens is 587 g/mol. The van der Waals surface area contributed by atoms with Gasteiger partial charge in [0.2, 0.25) is 5.90 Å². The van der Waals surface area contributed by atoms with E-state index < -0.39 is 11.6 Å². The summed E-state index contributed by atoms with van der Waals surface area (Å²) in [6.45, 7) is 4.88. The fourth-order valence-electron chi connectivity index (χ4n) is 5.18. The largest absolute Gasteiger partial charge is 0.494 e. The first-order valence-corrected chi connectivity index (χ1v) is 16.2. The lowest BCUT2D eigenvalue weighted by Crippen LogP contribution is -2.48. The molecule has 2 N–H and O–H groups in total. The molecule has 2 atom stereocenters. The maximum Gasteiger partial charge on any atom is 0.252 e. The van der Waals surface area contributed by atoms with Crippen LogP contribution in [0.2, 0.25) is 0 Å². The molecule has 4 aromatic rings. The number of thioether (sulfide) groups is 1. The van der Waals surface area contributed by atoms with E-state index in [-0.39, 0.29) is 24.8 Å². The molecular formula is C37H37FN2O4S. The average molecular weight is 625 g/mol. The molecule has 8 heteroatoms. The summed E-state index contributed by atoms with van der Waals surface area (Å²) in [5.74, 6) is 1.95. The van der Waals surface area contributed by atoms with Crippen molar-refractivity contribution in [3.05, 3.63) is 138 Å². The third-order valence-corrected chi connectivity index (χ3v) is 8.55. The Morgan fingerprint density at radius 1 is 0.978 bits per heavy atom. The second-order valence-corrected chi connectivity index (χ2v) is 11.8. The molecule has 0 radical (unpaired) electrons. The Bertz CT molecular complexity index is 1580. The first-order valence-electron chi connectivity index (χ1n) is 15.0. The number of ether oxygens (including phenoxy) is 2. The molecule has 0 aliphatic carbocycles. The summed E-state index contributed by atoms with van der Waals surface area (Å²) in [5.41, 5.74) is 3.49. The highest BCUT2D eigenvalue weighted by molar-refractivity contribution is 7.98. The predicted molar refractivity (Wildman–Crippen MR) is 179 cm³/mol. The number of aliphatic hydroxyl groups is 1. The topological polar surface area (TPSA) is 80.2 Å². The van der Waals surface area contributed by atoms with Gasteiger partial charge in [-0.3, -0.25) is 4.79 Å². The highest BCUT2D eigenvalue weighted by atomic mass is 32.2. The smallest absolute Gasteiger partial charge is 0.252 e. The van der Waals surface area contributed by atoms with Crippen molar-refractivity contribution in [2.24, 2.45) is 4.99 Å². The fraction of sp³-hybridized carbons (Fsp3) is 0.243. The standard InChI is InChI=1S/C37H37FN2O4S/c1-2-21-37(36(42)39-22-25-45-26-27-9-17-32(38)18-10-27)34(30-13-11-29(12-14-30)28-7-4-3-5-8-28)44-35(40-37)31-15-19-33(20-16-31)43-24-6-23-41/h2-5,7-20,34,41H,1,6,21-26H2,(H,39,42)/t34-,37-/m1/s1. The van der Waals surface area contributed by atoms with E-state index in [0.717, 1.165) is 33.6 Å². The van der Waals surface area contributed by atoms with Crippen LogP contribution in [0, 0.1) is 5.82 Å². The molecule has 0 fully saturated rings. The maximum absolute atomic E-state index is 14.0. The van der Waals surface area contributed by atoms with Crippen LogP contribution in [-0.4, -0.2) is 48.0 Å². The summed E-state index contributed by atoms with van der Waals surface area (Å²) in [4.78, 5) is 19.0. The second kappa shape index (κ2) is 15.5. The van der Waals surface area contributed by atoms with E-state index in [1.54, 1.807) is 30.0 Å². The van der Waals surface area contributed by atoms with Crippen LogP contribution in [0.25, 0.3) is 11.1 Å². The molecule has 0 saturated heterocycles. The van der Waals surface area contributed by atoms with E-state index >= 15 is 0 Å². The molecule has 0 aromatic heterocycles. The van der Waals surface area contributed by atoms with Crippen LogP contribution in [0.15, 0.2) is 121 Å². The number of nitrogens with one attached hydrogen (secondary N) is 1. The number of aliphatic hydroxyl groups excluding tert-OH is 1. The fourth-order valence-corrected chi connectivity index (χ4v) is 6.00. The van der Waals surface area contributed by atoms with Gasteiger partial charge in [-0.2, -0.15) is 11.8 Å². The van der Waals surface area contributed by atoms with Crippen LogP contribution in [0.1, 0.15) is 35.6 Å². The summed E-state index contributed by atoms with van der Waals surface area (Å²) in [7, 11) is 0. The number of hydrogen-bond donors (Lipinski definition) is 2. The van der Waals surface area contributed by atoms with Crippen LogP contribution in [-0.2, 0) is 15.3 Å². The summed E-state index contributed by atoms with van der Waals surface area (Å²) in [6.07, 6.45) is 1.86. The van der Waals surface area contributed by atoms with Crippen molar-refractivity contribution in [3.63, 3.8) is 0 Å². The number of aliphatic imine (C=N–C) groups is 1. The summed E-state index contributed by atoms with van der Waals surface area (Å²) < 4.78 is 25.4. The molecule has 0 bridgehead atoms. The van der Waals surface area contributed by atoms with Gasteiger partial charge in [0.05, 0.1) is 6.61 Å². The summed E-state index contributed by atoms with van der Waals surface area (Å²) >= 11 is 1.66. The van der Waals surface area contributed by atoms with Gasteiger partial charge in [0.1, 0.15) is 11.6 Å². The molecule has 5 rings (SSSR count). The lowest BCUT2D eigenvalue weighted by molar-refractivity contribution is -0.128. The summed E-state index contributed by atoms with van der Waals surface area (Å²) in [6, 6.07) is 32.0. The molecule has 1 amide bonds. The maximum atomic E-state index is 14.0. The number of benzene rings is 4. The molecule has 232 valence electrons. The van der Waals surface area contributed by atoms with Gasteiger partial charge in [-0.15, -0.1) is 6.58 Å². The zero-order valence-corrected chi connectivity index (χ0v) is 25.8. The summed E-state index contributed by atoms with van der Waals surface area (Å²) in [5, 5.41) is 12.1. The van der Waals surface area contributed by atoms with Gasteiger partial charge >= 0.3 is 0 Å². The third-order valence-electron chi connectivity index (χ3n) is 7.52. The Morgan fingerprint density at radius 3 is 2.36 bits per heavy atom. The van der Waals surface area contributed by atoms with Gasteiger partial charge in [0.15, 0.2) is 11.6 Å². The number of amides is 1. The van der Waals surface area contributed by atoms with Crippen molar-refractivity contribution < 1.29 is 23.8 Å². The second-order valence-electron chi connectivity index (χ2n) is 10.7. The first kappa shape index (κ1) is 32.0. The van der Waals surface area contributed by atoms with E-state index in [1.165, 1.54) is 12.1 Å². The van der Waals surface area contributed by atoms with E-state index in [0.29, 0.717) is 37.0 Å². The zero-order chi connectivity index (χ0) is 31.5. The minimum atomic E-state index is -1.26. The molecule has 1 aliphatic rings. The van der Waals surface area contributed by atoms with Crippen LogP contribution in [0.5, 0.6) is 5.75 Å². The number of carbonyl (C=O) groups is 1. The molecule has 45 heavy (non-hydrogen) atoms. The highest BCUT2D eigenvalue weighted by Gasteiger charge is 2.52. The Hall–Kier alpha value is -4.40. The zero-order valence-electron chi connectivity index (χ0n) is 25.0. The Balaban J connectivity index is 1.37.